The van der Waals surface area contributed by atoms with E-state index in [-0.39, 0.29) is 24.2 Å². The van der Waals surface area contributed by atoms with Crippen molar-refractivity contribution >= 4 is 12.4 Å². The van der Waals surface area contributed by atoms with Gasteiger partial charge in [0.25, 0.3) is 6.47 Å². The van der Waals surface area contributed by atoms with Crippen molar-refractivity contribution in [1.29, 1.82) is 0 Å². The molecule has 5 heteroatoms. The van der Waals surface area contributed by atoms with Gasteiger partial charge in [-0.1, -0.05) is 13.8 Å². The van der Waals surface area contributed by atoms with Crippen LogP contribution in [0.2, 0.25) is 0 Å². The highest BCUT2D eigenvalue weighted by atomic mass is 16.5. The second kappa shape index (κ2) is 9.75. The Morgan fingerprint density at radius 1 is 1.35 bits per heavy atom. The molecule has 0 spiro atoms. The number of rotatable bonds is 11. The molecule has 0 aliphatic heterocycles. The quantitative estimate of drug-likeness (QED) is 0.332. The molecule has 0 aromatic carbocycles. The largest absolute Gasteiger partial charge is 0.468 e. The van der Waals surface area contributed by atoms with Gasteiger partial charge in [-0.15, -0.1) is 0 Å². The maximum atomic E-state index is 11.8. The fourth-order valence-electron chi connectivity index (χ4n) is 1.96. The summed E-state index contributed by atoms with van der Waals surface area (Å²) in [5.74, 6) is -0.200. The normalized spacial score (nSPS) is 13.1. The number of carbonyl (C=O) groups excluding carboxylic acids is 2. The Morgan fingerprint density at radius 2 is 2.00 bits per heavy atom. The topological polar surface area (TPSA) is 55.8 Å². The zero-order valence-corrected chi connectivity index (χ0v) is 13.5. The average Bonchev–Trinajstić information content (AvgIpc) is 2.39. The molecular formula is C15H29NO4. The van der Waals surface area contributed by atoms with Crippen molar-refractivity contribution < 1.29 is 19.1 Å². The van der Waals surface area contributed by atoms with Crippen molar-refractivity contribution in [3.05, 3.63) is 0 Å². The van der Waals surface area contributed by atoms with Crippen LogP contribution in [0, 0.1) is 0 Å². The number of hydrogen-bond donors (Lipinski definition) is 0. The lowest BCUT2D eigenvalue weighted by atomic mass is 9.99. The summed E-state index contributed by atoms with van der Waals surface area (Å²) in [6.07, 6.45) is 1.73. The Kier molecular flexibility index (Phi) is 9.21. The van der Waals surface area contributed by atoms with Gasteiger partial charge in [0.15, 0.2) is 0 Å². The van der Waals surface area contributed by atoms with Crippen molar-refractivity contribution in [1.82, 2.24) is 4.90 Å². The van der Waals surface area contributed by atoms with E-state index < -0.39 is 0 Å². The molecule has 5 nitrogen and oxygen atoms in total. The molecule has 0 amide bonds. The van der Waals surface area contributed by atoms with Crippen LogP contribution in [0.5, 0.6) is 0 Å². The van der Waals surface area contributed by atoms with Crippen LogP contribution in [0.3, 0.4) is 0 Å². The highest BCUT2D eigenvalue weighted by Crippen LogP contribution is 2.18. The van der Waals surface area contributed by atoms with Crippen LogP contribution in [0.25, 0.3) is 0 Å². The van der Waals surface area contributed by atoms with E-state index in [4.69, 9.17) is 4.74 Å². The lowest BCUT2D eigenvalue weighted by Crippen LogP contribution is -2.44. The molecule has 0 aliphatic carbocycles. The van der Waals surface area contributed by atoms with Gasteiger partial charge in [-0.3, -0.25) is 14.5 Å². The van der Waals surface area contributed by atoms with Gasteiger partial charge in [0.05, 0.1) is 13.0 Å². The minimum absolute atomic E-state index is 0.0957. The first-order chi connectivity index (χ1) is 9.37. The van der Waals surface area contributed by atoms with E-state index in [1.54, 1.807) is 6.92 Å². The van der Waals surface area contributed by atoms with Crippen molar-refractivity contribution in [3.63, 3.8) is 0 Å². The third-order valence-electron chi connectivity index (χ3n) is 3.73. The molecule has 20 heavy (non-hydrogen) atoms. The van der Waals surface area contributed by atoms with E-state index >= 15 is 0 Å². The zero-order chi connectivity index (χ0) is 15.6. The fourth-order valence-corrected chi connectivity index (χ4v) is 1.96. The molecule has 0 aromatic rings. The summed E-state index contributed by atoms with van der Waals surface area (Å²) in [5.41, 5.74) is 0.0957. The molecule has 0 radical (unpaired) electrons. The SMILES string of the molecule is CCN(CCC(=O)O[C@H](C)CCOC=O)C(C)(C)CC. The van der Waals surface area contributed by atoms with Crippen LogP contribution in [-0.2, 0) is 19.1 Å². The second-order valence-electron chi connectivity index (χ2n) is 5.55. The molecule has 118 valence electrons. The van der Waals surface area contributed by atoms with E-state index in [1.807, 2.05) is 0 Å². The van der Waals surface area contributed by atoms with Crippen LogP contribution in [0.1, 0.15) is 53.9 Å². The first-order valence-electron chi connectivity index (χ1n) is 7.37. The summed E-state index contributed by atoms with van der Waals surface area (Å²) in [7, 11) is 0. The lowest BCUT2D eigenvalue weighted by Gasteiger charge is -2.37. The molecule has 0 N–H and O–H groups in total. The van der Waals surface area contributed by atoms with Gasteiger partial charge in [0.2, 0.25) is 0 Å². The van der Waals surface area contributed by atoms with Gasteiger partial charge in [-0.2, -0.15) is 0 Å². The van der Waals surface area contributed by atoms with Gasteiger partial charge in [0, 0.05) is 18.5 Å². The van der Waals surface area contributed by atoms with Crippen LogP contribution in [0.15, 0.2) is 0 Å². The summed E-state index contributed by atoms with van der Waals surface area (Å²) in [5, 5.41) is 0. The van der Waals surface area contributed by atoms with Gasteiger partial charge in [0.1, 0.15) is 6.10 Å². The number of ether oxygens (including phenoxy) is 2. The monoisotopic (exact) mass is 287 g/mol. The standard InChI is InChI=1S/C15H29NO4/c1-6-15(4,5)16(7-2)10-8-14(18)20-13(3)9-11-19-12-17/h12-13H,6-11H2,1-5H3/t13-/m1/s1. The summed E-state index contributed by atoms with van der Waals surface area (Å²) in [6.45, 7) is 12.7. The number of nitrogens with zero attached hydrogens (tertiary/aromatic N) is 1. The van der Waals surface area contributed by atoms with Crippen LogP contribution >= 0.6 is 0 Å². The molecule has 0 saturated carbocycles. The number of hydrogen-bond acceptors (Lipinski definition) is 5. The first-order valence-corrected chi connectivity index (χ1v) is 7.37. The zero-order valence-electron chi connectivity index (χ0n) is 13.5. The van der Waals surface area contributed by atoms with Crippen molar-refractivity contribution in [3.8, 4) is 0 Å². The first kappa shape index (κ1) is 18.9. The molecule has 0 rings (SSSR count). The highest BCUT2D eigenvalue weighted by molar-refractivity contribution is 5.69. The predicted molar refractivity (Wildman–Crippen MR) is 78.4 cm³/mol. The molecular weight excluding hydrogens is 258 g/mol. The third kappa shape index (κ3) is 7.48. The Labute approximate surface area is 122 Å². The van der Waals surface area contributed by atoms with Gasteiger partial charge in [-0.05, 0) is 33.7 Å². The second-order valence-corrected chi connectivity index (χ2v) is 5.55. The lowest BCUT2D eigenvalue weighted by molar-refractivity contribution is -0.149. The van der Waals surface area contributed by atoms with Crippen LogP contribution < -0.4 is 0 Å². The Hall–Kier alpha value is -1.10. The van der Waals surface area contributed by atoms with Gasteiger partial charge < -0.3 is 9.47 Å². The summed E-state index contributed by atoms with van der Waals surface area (Å²) >= 11 is 0. The minimum Gasteiger partial charge on any atom is -0.468 e. The number of esters is 1. The summed E-state index contributed by atoms with van der Waals surface area (Å²) in [6, 6.07) is 0. The molecule has 0 unspecified atom stereocenters. The maximum Gasteiger partial charge on any atom is 0.307 e. The Morgan fingerprint density at radius 3 is 2.50 bits per heavy atom. The highest BCUT2D eigenvalue weighted by Gasteiger charge is 2.24. The average molecular weight is 287 g/mol. The molecule has 1 atom stereocenters. The predicted octanol–water partition coefficient (Wildman–Crippen LogP) is 2.38. The van der Waals surface area contributed by atoms with Crippen molar-refractivity contribution in [2.24, 2.45) is 0 Å². The molecule has 0 bridgehead atoms. The van der Waals surface area contributed by atoms with E-state index in [0.29, 0.717) is 25.9 Å². The Bertz CT molecular complexity index is 292. The summed E-state index contributed by atoms with van der Waals surface area (Å²) < 4.78 is 9.86. The van der Waals surface area contributed by atoms with Crippen molar-refractivity contribution in [2.45, 2.75) is 65.5 Å². The Balaban J connectivity index is 4.05. The van der Waals surface area contributed by atoms with Crippen LogP contribution in [-0.4, -0.2) is 48.7 Å². The summed E-state index contributed by atoms with van der Waals surface area (Å²) in [4.78, 5) is 24.1. The maximum absolute atomic E-state index is 11.8. The molecule has 0 fully saturated rings. The van der Waals surface area contributed by atoms with E-state index in [2.05, 4.69) is 37.3 Å². The van der Waals surface area contributed by atoms with E-state index in [1.165, 1.54) is 0 Å². The van der Waals surface area contributed by atoms with Crippen molar-refractivity contribution in [2.75, 3.05) is 19.7 Å². The smallest absolute Gasteiger partial charge is 0.307 e. The molecule has 0 heterocycles. The fraction of sp³-hybridized carbons (Fsp3) is 0.867. The molecule has 0 aromatic heterocycles. The third-order valence-corrected chi connectivity index (χ3v) is 3.73. The van der Waals surface area contributed by atoms with E-state index in [9.17, 15) is 9.59 Å². The molecule has 0 aliphatic rings. The van der Waals surface area contributed by atoms with Crippen LogP contribution in [0.4, 0.5) is 0 Å². The minimum atomic E-state index is -0.225. The van der Waals surface area contributed by atoms with Gasteiger partial charge >= 0.3 is 5.97 Å². The van der Waals surface area contributed by atoms with Gasteiger partial charge in [-0.25, -0.2) is 0 Å². The number of carbonyl (C=O) groups is 2. The van der Waals surface area contributed by atoms with E-state index in [0.717, 1.165) is 13.0 Å². The molecule has 0 saturated heterocycles.